The molecule has 0 heterocycles. The molecule has 0 aliphatic heterocycles. The van der Waals surface area contributed by atoms with Crippen LogP contribution in [0.1, 0.15) is 129 Å². The van der Waals surface area contributed by atoms with Crippen LogP contribution in [0, 0.1) is 0 Å². The first-order valence-corrected chi connectivity index (χ1v) is 13.1. The maximum absolute atomic E-state index is 11.7. The van der Waals surface area contributed by atoms with Gasteiger partial charge in [-0.15, -0.1) is 11.6 Å². The van der Waals surface area contributed by atoms with Gasteiger partial charge in [-0.25, -0.2) is 0 Å². The molecule has 0 rings (SSSR count). The maximum Gasteiger partial charge on any atom is 0.306 e. The molecule has 0 fully saturated rings. The minimum atomic E-state index is -0.295. The fraction of sp³-hybridized carbons (Fsp3) is 0.920. The summed E-state index contributed by atoms with van der Waals surface area (Å²) in [6, 6.07) is 0. The summed E-state index contributed by atoms with van der Waals surface area (Å²) in [5.74, 6) is 0.180. The smallest absolute Gasteiger partial charge is 0.306 e. The zero-order valence-corrected chi connectivity index (χ0v) is 20.3. The van der Waals surface area contributed by atoms with Crippen LogP contribution < -0.4 is 0 Å². The van der Waals surface area contributed by atoms with Crippen LogP contribution in [0.5, 0.6) is 0 Å². The Kier molecular flexibility index (Phi) is 23.9. The molecule has 0 aliphatic rings. The first-order valence-electron chi connectivity index (χ1n) is 12.6. The molecule has 0 atom stereocenters. The monoisotopic (exact) mass is 446 g/mol. The fourth-order valence-electron chi connectivity index (χ4n) is 3.39. The second-order valence-corrected chi connectivity index (χ2v) is 8.66. The van der Waals surface area contributed by atoms with Gasteiger partial charge in [0.15, 0.2) is 0 Å². The minimum Gasteiger partial charge on any atom is -0.466 e. The Morgan fingerprint density at radius 3 is 1.23 bits per heavy atom. The van der Waals surface area contributed by atoms with Gasteiger partial charge in [0.2, 0.25) is 0 Å². The lowest BCUT2D eigenvalue weighted by molar-refractivity contribution is -0.150. The SMILES string of the molecule is CCCCCCCCCCCOC(=O)CCC(=O)OCCCCCCCCCCCl. The topological polar surface area (TPSA) is 52.6 Å². The molecular weight excluding hydrogens is 400 g/mol. The van der Waals surface area contributed by atoms with Crippen molar-refractivity contribution < 1.29 is 19.1 Å². The average Bonchev–Trinajstić information content (AvgIpc) is 2.75. The summed E-state index contributed by atoms with van der Waals surface area (Å²) in [4.78, 5) is 23.4. The van der Waals surface area contributed by atoms with E-state index in [1.807, 2.05) is 0 Å². The van der Waals surface area contributed by atoms with E-state index in [0.29, 0.717) is 13.2 Å². The fourth-order valence-corrected chi connectivity index (χ4v) is 3.58. The van der Waals surface area contributed by atoms with E-state index in [2.05, 4.69) is 6.92 Å². The van der Waals surface area contributed by atoms with Gasteiger partial charge in [-0.05, 0) is 19.3 Å². The molecule has 0 aliphatic carbocycles. The molecule has 0 aromatic heterocycles. The lowest BCUT2D eigenvalue weighted by atomic mass is 10.1. The predicted molar refractivity (Wildman–Crippen MR) is 126 cm³/mol. The maximum atomic E-state index is 11.7. The van der Waals surface area contributed by atoms with Crippen molar-refractivity contribution >= 4 is 23.5 Å². The van der Waals surface area contributed by atoms with Crippen LogP contribution in [-0.4, -0.2) is 31.0 Å². The van der Waals surface area contributed by atoms with E-state index in [0.717, 1.165) is 38.0 Å². The number of halogens is 1. The van der Waals surface area contributed by atoms with Crippen LogP contribution in [0.15, 0.2) is 0 Å². The average molecular weight is 447 g/mol. The molecule has 0 amide bonds. The summed E-state index contributed by atoms with van der Waals surface area (Å²) in [7, 11) is 0. The summed E-state index contributed by atoms with van der Waals surface area (Å²) in [5, 5.41) is 0. The highest BCUT2D eigenvalue weighted by atomic mass is 35.5. The summed E-state index contributed by atoms with van der Waals surface area (Å²) in [5.41, 5.74) is 0. The first-order chi connectivity index (χ1) is 14.7. The van der Waals surface area contributed by atoms with Gasteiger partial charge in [0, 0.05) is 5.88 Å². The summed E-state index contributed by atoms with van der Waals surface area (Å²) < 4.78 is 10.4. The third-order valence-corrected chi connectivity index (χ3v) is 5.60. The highest BCUT2D eigenvalue weighted by Crippen LogP contribution is 2.10. The van der Waals surface area contributed by atoms with Crippen LogP contribution in [-0.2, 0) is 19.1 Å². The van der Waals surface area contributed by atoms with Gasteiger partial charge >= 0.3 is 11.9 Å². The number of carbonyl (C=O) groups is 2. The molecule has 0 bridgehead atoms. The van der Waals surface area contributed by atoms with Crippen molar-refractivity contribution in [3.63, 3.8) is 0 Å². The highest BCUT2D eigenvalue weighted by Gasteiger charge is 2.09. The zero-order chi connectivity index (χ0) is 22.1. The third-order valence-electron chi connectivity index (χ3n) is 5.34. The van der Waals surface area contributed by atoms with Gasteiger partial charge in [-0.1, -0.05) is 96.8 Å². The van der Waals surface area contributed by atoms with Crippen molar-refractivity contribution in [1.29, 1.82) is 0 Å². The summed E-state index contributed by atoms with van der Waals surface area (Å²) in [6.45, 7) is 3.16. The van der Waals surface area contributed by atoms with E-state index in [4.69, 9.17) is 21.1 Å². The number of esters is 2. The Morgan fingerprint density at radius 1 is 0.533 bits per heavy atom. The molecule has 4 nitrogen and oxygen atoms in total. The van der Waals surface area contributed by atoms with Crippen molar-refractivity contribution in [3.05, 3.63) is 0 Å². The molecule has 5 heteroatoms. The van der Waals surface area contributed by atoms with Crippen LogP contribution >= 0.6 is 11.6 Å². The molecule has 0 N–H and O–H groups in total. The highest BCUT2D eigenvalue weighted by molar-refractivity contribution is 6.17. The van der Waals surface area contributed by atoms with Gasteiger partial charge in [-0.2, -0.15) is 0 Å². The second-order valence-electron chi connectivity index (χ2n) is 8.29. The molecule has 178 valence electrons. The van der Waals surface area contributed by atoms with Crippen molar-refractivity contribution in [3.8, 4) is 0 Å². The molecule has 0 aromatic rings. The van der Waals surface area contributed by atoms with Crippen molar-refractivity contribution in [1.82, 2.24) is 0 Å². The molecule has 0 radical (unpaired) electrons. The quantitative estimate of drug-likeness (QED) is 0.0914. The number of ether oxygens (including phenoxy) is 2. The van der Waals surface area contributed by atoms with Gasteiger partial charge in [-0.3, -0.25) is 9.59 Å². The standard InChI is InChI=1S/C25H47ClO4/c1-2-3-4-5-6-8-11-14-17-22-29-24(27)19-20-25(28)30-23-18-15-12-9-7-10-13-16-21-26/h2-23H2,1H3. The van der Waals surface area contributed by atoms with E-state index in [9.17, 15) is 9.59 Å². The van der Waals surface area contributed by atoms with E-state index >= 15 is 0 Å². The lowest BCUT2D eigenvalue weighted by Crippen LogP contribution is -2.11. The zero-order valence-electron chi connectivity index (χ0n) is 19.6. The van der Waals surface area contributed by atoms with E-state index in [1.54, 1.807) is 0 Å². The number of rotatable bonds is 23. The Balaban J connectivity index is 3.31. The Bertz CT molecular complexity index is 351. The largest absolute Gasteiger partial charge is 0.466 e. The number of alkyl halides is 1. The number of hydrogen-bond acceptors (Lipinski definition) is 4. The van der Waals surface area contributed by atoms with Crippen molar-refractivity contribution in [2.45, 2.75) is 129 Å². The molecule has 0 saturated heterocycles. The van der Waals surface area contributed by atoms with Crippen LogP contribution in [0.3, 0.4) is 0 Å². The van der Waals surface area contributed by atoms with Crippen LogP contribution in [0.25, 0.3) is 0 Å². The van der Waals surface area contributed by atoms with Crippen molar-refractivity contribution in [2.24, 2.45) is 0 Å². The van der Waals surface area contributed by atoms with E-state index in [-0.39, 0.29) is 24.8 Å². The Hall–Kier alpha value is -0.770. The van der Waals surface area contributed by atoms with Crippen molar-refractivity contribution in [2.75, 3.05) is 19.1 Å². The Labute approximate surface area is 190 Å². The van der Waals surface area contributed by atoms with Gasteiger partial charge < -0.3 is 9.47 Å². The van der Waals surface area contributed by atoms with Gasteiger partial charge in [0.05, 0.1) is 26.1 Å². The number of carbonyl (C=O) groups excluding carboxylic acids is 2. The summed E-state index contributed by atoms with van der Waals surface area (Å²) in [6.07, 6.45) is 20.7. The van der Waals surface area contributed by atoms with Crippen LogP contribution in [0.4, 0.5) is 0 Å². The van der Waals surface area contributed by atoms with Gasteiger partial charge in [0.1, 0.15) is 0 Å². The lowest BCUT2D eigenvalue weighted by Gasteiger charge is -2.06. The normalized spacial score (nSPS) is 10.9. The number of unbranched alkanes of at least 4 members (excludes halogenated alkanes) is 15. The Morgan fingerprint density at radius 2 is 0.867 bits per heavy atom. The first kappa shape index (κ1) is 29.2. The molecular formula is C25H47ClO4. The molecule has 0 aromatic carbocycles. The van der Waals surface area contributed by atoms with Crippen LogP contribution in [0.2, 0.25) is 0 Å². The molecule has 0 saturated carbocycles. The van der Waals surface area contributed by atoms with E-state index < -0.39 is 0 Å². The van der Waals surface area contributed by atoms with Gasteiger partial charge in [0.25, 0.3) is 0 Å². The second kappa shape index (κ2) is 24.5. The van der Waals surface area contributed by atoms with E-state index in [1.165, 1.54) is 77.0 Å². The minimum absolute atomic E-state index is 0.122. The number of hydrogen-bond donors (Lipinski definition) is 0. The third kappa shape index (κ3) is 23.5. The predicted octanol–water partition coefficient (Wildman–Crippen LogP) is 7.74. The molecule has 0 unspecified atom stereocenters. The summed E-state index contributed by atoms with van der Waals surface area (Å²) >= 11 is 5.66. The molecule has 30 heavy (non-hydrogen) atoms. The molecule has 0 spiro atoms.